The minimum absolute atomic E-state index is 0.203. The van der Waals surface area contributed by atoms with Gasteiger partial charge in [0.25, 0.3) is 0 Å². The highest BCUT2D eigenvalue weighted by Gasteiger charge is 2.18. The number of methoxy groups -OCH3 is 1. The van der Waals surface area contributed by atoms with E-state index in [1.54, 1.807) is 7.11 Å². The highest BCUT2D eigenvalue weighted by molar-refractivity contribution is 8.13. The molecule has 2 aromatic rings. The molecule has 5 nitrogen and oxygen atoms in total. The van der Waals surface area contributed by atoms with Gasteiger partial charge in [0.2, 0.25) is 6.79 Å². The molecule has 3 rings (SSSR count). The van der Waals surface area contributed by atoms with Crippen molar-refractivity contribution in [3.8, 4) is 17.2 Å². The lowest BCUT2D eigenvalue weighted by Gasteiger charge is -2.07. The van der Waals surface area contributed by atoms with Crippen LogP contribution >= 0.6 is 23.4 Å². The summed E-state index contributed by atoms with van der Waals surface area (Å²) in [6.07, 6.45) is 0. The molecule has 7 heteroatoms. The molecular formula is C17H17ClN2O3S. The van der Waals surface area contributed by atoms with Crippen molar-refractivity contribution in [3.05, 3.63) is 52.5 Å². The van der Waals surface area contributed by atoms with Crippen molar-refractivity contribution in [3.63, 3.8) is 0 Å². The lowest BCUT2D eigenvalue weighted by molar-refractivity contribution is 0.174. The van der Waals surface area contributed by atoms with Crippen LogP contribution in [0.4, 0.5) is 0 Å². The Bertz CT molecular complexity index is 767. The first-order valence-corrected chi connectivity index (χ1v) is 8.66. The molecule has 0 saturated heterocycles. The molecule has 0 bridgehead atoms. The van der Waals surface area contributed by atoms with Crippen LogP contribution in [0.15, 0.2) is 41.4 Å². The minimum atomic E-state index is 0.203. The van der Waals surface area contributed by atoms with Crippen molar-refractivity contribution in [1.29, 1.82) is 0 Å². The molecule has 0 aromatic heterocycles. The van der Waals surface area contributed by atoms with Crippen LogP contribution in [0, 0.1) is 0 Å². The number of fused-ring (bicyclic) bond motifs is 1. The van der Waals surface area contributed by atoms with E-state index < -0.39 is 0 Å². The second kappa shape index (κ2) is 7.68. The molecule has 24 heavy (non-hydrogen) atoms. The summed E-state index contributed by atoms with van der Waals surface area (Å²) in [7, 11) is 1.64. The van der Waals surface area contributed by atoms with E-state index in [1.165, 1.54) is 11.8 Å². The Hall–Kier alpha value is -2.05. The molecule has 2 aromatic carbocycles. The number of halogens is 1. The number of nitrogens with zero attached hydrogens (tertiary/aromatic N) is 1. The van der Waals surface area contributed by atoms with Gasteiger partial charge < -0.3 is 19.9 Å². The van der Waals surface area contributed by atoms with Gasteiger partial charge in [-0.05, 0) is 23.8 Å². The second-order valence-electron chi connectivity index (χ2n) is 5.07. The van der Waals surface area contributed by atoms with Gasteiger partial charge in [0.15, 0.2) is 16.7 Å². The fourth-order valence-corrected chi connectivity index (χ4v) is 3.23. The number of amidine groups is 1. The third-order valence-corrected chi connectivity index (χ3v) is 4.65. The average Bonchev–Trinajstić information content (AvgIpc) is 3.07. The van der Waals surface area contributed by atoms with Crippen LogP contribution < -0.4 is 19.9 Å². The van der Waals surface area contributed by atoms with E-state index in [1.807, 2.05) is 36.4 Å². The van der Waals surface area contributed by atoms with Crippen LogP contribution in [0.3, 0.4) is 0 Å². The molecule has 126 valence electrons. The lowest BCUT2D eigenvalue weighted by Crippen LogP contribution is -2.07. The maximum atomic E-state index is 6.18. The zero-order chi connectivity index (χ0) is 16.9. The van der Waals surface area contributed by atoms with E-state index in [2.05, 4.69) is 4.99 Å². The maximum absolute atomic E-state index is 6.18. The largest absolute Gasteiger partial charge is 0.496 e. The SMILES string of the molecule is COc1ccccc1CN=C(N)SCc1cc(Cl)c2c(c1)OCO2. The van der Waals surface area contributed by atoms with E-state index in [0.717, 1.165) is 16.9 Å². The van der Waals surface area contributed by atoms with Gasteiger partial charge >= 0.3 is 0 Å². The zero-order valence-corrected chi connectivity index (χ0v) is 14.7. The van der Waals surface area contributed by atoms with Crippen LogP contribution in [-0.2, 0) is 12.3 Å². The molecule has 2 N–H and O–H groups in total. The Morgan fingerprint density at radius 2 is 2.17 bits per heavy atom. The fourth-order valence-electron chi connectivity index (χ4n) is 2.30. The number of nitrogens with two attached hydrogens (primary N) is 1. The van der Waals surface area contributed by atoms with Gasteiger partial charge in [-0.25, -0.2) is 0 Å². The highest BCUT2D eigenvalue weighted by Crippen LogP contribution is 2.40. The Morgan fingerprint density at radius 1 is 1.33 bits per heavy atom. The normalized spacial score (nSPS) is 13.2. The van der Waals surface area contributed by atoms with Crippen molar-refractivity contribution in [2.24, 2.45) is 10.7 Å². The molecule has 0 spiro atoms. The third kappa shape index (κ3) is 3.88. The van der Waals surface area contributed by atoms with Crippen LogP contribution in [0.1, 0.15) is 11.1 Å². The molecule has 1 heterocycles. The maximum Gasteiger partial charge on any atom is 0.231 e. The Kier molecular flexibility index (Phi) is 5.37. The lowest BCUT2D eigenvalue weighted by atomic mass is 10.2. The molecule has 0 atom stereocenters. The molecule has 0 amide bonds. The number of aliphatic imine (C=N–C) groups is 1. The standard InChI is InChI=1S/C17H17ClN2O3S/c1-21-14-5-3-2-4-12(14)8-20-17(19)24-9-11-6-13(18)16-15(7-11)22-10-23-16/h2-7H,8-10H2,1H3,(H2,19,20). The number of para-hydroxylation sites is 1. The van der Waals surface area contributed by atoms with Crippen molar-refractivity contribution in [2.45, 2.75) is 12.3 Å². The van der Waals surface area contributed by atoms with Gasteiger partial charge in [-0.3, -0.25) is 4.99 Å². The van der Waals surface area contributed by atoms with Crippen LogP contribution in [-0.4, -0.2) is 19.1 Å². The van der Waals surface area contributed by atoms with Gasteiger partial charge in [0.05, 0.1) is 18.7 Å². The van der Waals surface area contributed by atoms with E-state index in [-0.39, 0.29) is 6.79 Å². The molecule has 0 fully saturated rings. The van der Waals surface area contributed by atoms with Crippen molar-refractivity contribution in [1.82, 2.24) is 0 Å². The van der Waals surface area contributed by atoms with Crippen molar-refractivity contribution in [2.75, 3.05) is 13.9 Å². The van der Waals surface area contributed by atoms with Gasteiger partial charge in [-0.2, -0.15) is 0 Å². The Morgan fingerprint density at radius 3 is 3.00 bits per heavy atom. The number of rotatable bonds is 5. The molecule has 1 aliphatic rings. The summed E-state index contributed by atoms with van der Waals surface area (Å²) in [5.74, 6) is 2.73. The topological polar surface area (TPSA) is 66.1 Å². The predicted octanol–water partition coefficient (Wildman–Crippen LogP) is 3.83. The second-order valence-corrected chi connectivity index (χ2v) is 6.47. The van der Waals surface area contributed by atoms with Gasteiger partial charge in [0, 0.05) is 11.3 Å². The van der Waals surface area contributed by atoms with Gasteiger partial charge in [-0.15, -0.1) is 0 Å². The molecule has 0 aliphatic carbocycles. The summed E-state index contributed by atoms with van der Waals surface area (Å²) in [5.41, 5.74) is 7.99. The minimum Gasteiger partial charge on any atom is -0.496 e. The van der Waals surface area contributed by atoms with Gasteiger partial charge in [0.1, 0.15) is 5.75 Å². The van der Waals surface area contributed by atoms with E-state index >= 15 is 0 Å². The summed E-state index contributed by atoms with van der Waals surface area (Å²) >= 11 is 7.62. The third-order valence-electron chi connectivity index (χ3n) is 3.47. The van der Waals surface area contributed by atoms with Crippen molar-refractivity contribution >= 4 is 28.5 Å². The molecule has 0 unspecified atom stereocenters. The van der Waals surface area contributed by atoms with Crippen LogP contribution in [0.2, 0.25) is 5.02 Å². The first kappa shape index (κ1) is 16.8. The van der Waals surface area contributed by atoms with Gasteiger partial charge in [-0.1, -0.05) is 41.6 Å². The molecule has 0 saturated carbocycles. The monoisotopic (exact) mass is 364 g/mol. The number of benzene rings is 2. The van der Waals surface area contributed by atoms with Crippen LogP contribution in [0.5, 0.6) is 17.2 Å². The van der Waals surface area contributed by atoms with Crippen LogP contribution in [0.25, 0.3) is 0 Å². The average molecular weight is 365 g/mol. The van der Waals surface area contributed by atoms with Crippen molar-refractivity contribution < 1.29 is 14.2 Å². The molecule has 0 radical (unpaired) electrons. The number of hydrogen-bond donors (Lipinski definition) is 1. The zero-order valence-electron chi connectivity index (χ0n) is 13.1. The Labute approximate surface area is 149 Å². The summed E-state index contributed by atoms with van der Waals surface area (Å²) in [5, 5.41) is 1.06. The first-order valence-electron chi connectivity index (χ1n) is 7.30. The van der Waals surface area contributed by atoms with E-state index in [9.17, 15) is 0 Å². The Balaban J connectivity index is 1.61. The summed E-state index contributed by atoms with van der Waals surface area (Å²) in [4.78, 5) is 4.40. The van der Waals surface area contributed by atoms with E-state index in [0.29, 0.717) is 34.0 Å². The van der Waals surface area contributed by atoms with E-state index in [4.69, 9.17) is 31.5 Å². The smallest absolute Gasteiger partial charge is 0.231 e. The predicted molar refractivity (Wildman–Crippen MR) is 97.2 cm³/mol. The molecule has 1 aliphatic heterocycles. The fraction of sp³-hybridized carbons (Fsp3) is 0.235. The number of thioether (sulfide) groups is 1. The summed E-state index contributed by atoms with van der Waals surface area (Å²) in [6, 6.07) is 11.5. The highest BCUT2D eigenvalue weighted by atomic mass is 35.5. The summed E-state index contributed by atoms with van der Waals surface area (Å²) in [6.45, 7) is 0.679. The summed E-state index contributed by atoms with van der Waals surface area (Å²) < 4.78 is 16.0. The quantitative estimate of drug-likeness (QED) is 0.645. The number of hydrogen-bond acceptors (Lipinski definition) is 5. The number of ether oxygens (including phenoxy) is 3. The molecular weight excluding hydrogens is 348 g/mol. The first-order chi connectivity index (χ1) is 11.7.